The number of hydrogen-bond donors (Lipinski definition) is 4. The Balaban J connectivity index is 2.11. The van der Waals surface area contributed by atoms with Gasteiger partial charge in [-0.05, 0) is 26.3 Å². The minimum atomic E-state index is -0.742. The number of aliphatic hydroxyl groups is 1. The first kappa shape index (κ1) is 13.1. The minimum Gasteiger partial charge on any atom is -0.391 e. The van der Waals surface area contributed by atoms with Crippen molar-refractivity contribution in [3.05, 3.63) is 0 Å². The summed E-state index contributed by atoms with van der Waals surface area (Å²) in [6, 6.07) is -0.416. The van der Waals surface area contributed by atoms with Crippen LogP contribution in [0, 0.1) is 0 Å². The molecule has 5 nitrogen and oxygen atoms in total. The third-order valence-electron chi connectivity index (χ3n) is 4.06. The number of carbonyl (C=O) groups is 1. The van der Waals surface area contributed by atoms with Gasteiger partial charge in [-0.1, -0.05) is 0 Å². The third-order valence-corrected chi connectivity index (χ3v) is 4.40. The zero-order chi connectivity index (χ0) is 12.6. The van der Waals surface area contributed by atoms with E-state index in [1.54, 1.807) is 6.92 Å². The molecule has 2 fully saturated rings. The third kappa shape index (κ3) is 2.07. The SMILES string of the molecule is C[C@@H](O)[C@@H](C(N)=O)N1CC2(CCCN2)C1CS. The van der Waals surface area contributed by atoms with Crippen LogP contribution in [0.1, 0.15) is 19.8 Å². The zero-order valence-electron chi connectivity index (χ0n) is 10.1. The lowest BCUT2D eigenvalue weighted by molar-refractivity contribution is -0.138. The number of hydrogen-bond acceptors (Lipinski definition) is 5. The van der Waals surface area contributed by atoms with E-state index in [9.17, 15) is 9.90 Å². The molecule has 1 spiro atoms. The number of aliphatic hydroxyl groups excluding tert-OH is 1. The highest BCUT2D eigenvalue weighted by Crippen LogP contribution is 2.39. The van der Waals surface area contributed by atoms with Crippen molar-refractivity contribution in [3.8, 4) is 0 Å². The molecule has 0 aromatic heterocycles. The summed E-state index contributed by atoms with van der Waals surface area (Å²) in [5, 5.41) is 13.2. The molecular formula is C11H21N3O2S. The van der Waals surface area contributed by atoms with Gasteiger partial charge in [0.2, 0.25) is 5.91 Å². The van der Waals surface area contributed by atoms with Crippen molar-refractivity contribution in [2.75, 3.05) is 18.8 Å². The van der Waals surface area contributed by atoms with E-state index in [1.807, 2.05) is 4.90 Å². The Labute approximate surface area is 107 Å². The van der Waals surface area contributed by atoms with E-state index < -0.39 is 18.1 Å². The van der Waals surface area contributed by atoms with Gasteiger partial charge in [-0.25, -0.2) is 0 Å². The summed E-state index contributed by atoms with van der Waals surface area (Å²) in [7, 11) is 0. The van der Waals surface area contributed by atoms with E-state index in [0.717, 1.165) is 25.9 Å². The number of nitrogens with zero attached hydrogens (tertiary/aromatic N) is 1. The molecule has 98 valence electrons. The van der Waals surface area contributed by atoms with Gasteiger partial charge in [-0.15, -0.1) is 0 Å². The predicted molar refractivity (Wildman–Crippen MR) is 69.0 cm³/mol. The van der Waals surface area contributed by atoms with E-state index in [4.69, 9.17) is 5.73 Å². The van der Waals surface area contributed by atoms with Gasteiger partial charge < -0.3 is 16.2 Å². The molecule has 17 heavy (non-hydrogen) atoms. The second-order valence-electron chi connectivity index (χ2n) is 5.14. The number of primary amides is 1. The first-order valence-corrected chi connectivity index (χ1v) is 6.74. The second kappa shape index (κ2) is 4.76. The maximum atomic E-state index is 11.4. The topological polar surface area (TPSA) is 78.6 Å². The number of nitrogens with two attached hydrogens (primary N) is 1. The average molecular weight is 259 g/mol. The number of carbonyl (C=O) groups excluding carboxylic acids is 1. The Morgan fingerprint density at radius 3 is 2.88 bits per heavy atom. The lowest BCUT2D eigenvalue weighted by atomic mass is 9.77. The molecule has 0 aromatic carbocycles. The molecule has 0 bridgehead atoms. The summed E-state index contributed by atoms with van der Waals surface area (Å²) in [6.07, 6.45) is 1.53. The van der Waals surface area contributed by atoms with Crippen molar-refractivity contribution in [1.29, 1.82) is 0 Å². The average Bonchev–Trinajstić information content (AvgIpc) is 2.67. The van der Waals surface area contributed by atoms with E-state index in [0.29, 0.717) is 5.75 Å². The zero-order valence-corrected chi connectivity index (χ0v) is 11.0. The molecule has 0 radical (unpaired) electrons. The fraction of sp³-hybridized carbons (Fsp3) is 0.909. The van der Waals surface area contributed by atoms with E-state index >= 15 is 0 Å². The highest BCUT2D eigenvalue weighted by atomic mass is 32.1. The minimum absolute atomic E-state index is 0.0876. The molecule has 4 N–H and O–H groups in total. The molecule has 2 saturated heterocycles. The Bertz CT molecular complexity index is 305. The molecule has 2 unspecified atom stereocenters. The Morgan fingerprint density at radius 1 is 1.76 bits per heavy atom. The highest BCUT2D eigenvalue weighted by molar-refractivity contribution is 7.80. The van der Waals surface area contributed by atoms with Crippen LogP contribution in [0.3, 0.4) is 0 Å². The summed E-state index contributed by atoms with van der Waals surface area (Å²) in [6.45, 7) is 3.41. The summed E-state index contributed by atoms with van der Waals surface area (Å²) >= 11 is 4.37. The number of likely N-dealkylation sites (tertiary alicyclic amines) is 1. The van der Waals surface area contributed by atoms with Crippen LogP contribution in [0.5, 0.6) is 0 Å². The molecule has 0 aromatic rings. The lowest BCUT2D eigenvalue weighted by Crippen LogP contribution is -2.78. The molecule has 2 heterocycles. The molecular weight excluding hydrogens is 238 g/mol. The maximum Gasteiger partial charge on any atom is 0.237 e. The number of thiol groups is 1. The fourth-order valence-corrected chi connectivity index (χ4v) is 3.80. The summed E-state index contributed by atoms with van der Waals surface area (Å²) in [4.78, 5) is 13.4. The van der Waals surface area contributed by atoms with Crippen LogP contribution in [-0.4, -0.2) is 58.5 Å². The van der Waals surface area contributed by atoms with Gasteiger partial charge in [-0.2, -0.15) is 12.6 Å². The smallest absolute Gasteiger partial charge is 0.237 e. The summed E-state index contributed by atoms with van der Waals surface area (Å²) in [5.74, 6) is 0.211. The lowest BCUT2D eigenvalue weighted by Gasteiger charge is -2.58. The van der Waals surface area contributed by atoms with Crippen molar-refractivity contribution in [1.82, 2.24) is 10.2 Å². The number of rotatable bonds is 4. The number of amides is 1. The molecule has 2 aliphatic heterocycles. The quantitative estimate of drug-likeness (QED) is 0.486. The Hall–Kier alpha value is -0.300. The maximum absolute atomic E-state index is 11.4. The fourth-order valence-electron chi connectivity index (χ4n) is 3.25. The van der Waals surface area contributed by atoms with Crippen molar-refractivity contribution in [2.45, 2.75) is 43.5 Å². The first-order valence-electron chi connectivity index (χ1n) is 6.11. The van der Waals surface area contributed by atoms with Gasteiger partial charge in [0.15, 0.2) is 0 Å². The largest absolute Gasteiger partial charge is 0.391 e. The Kier molecular flexibility index (Phi) is 3.68. The monoisotopic (exact) mass is 259 g/mol. The van der Waals surface area contributed by atoms with E-state index in [2.05, 4.69) is 17.9 Å². The molecule has 0 aliphatic carbocycles. The standard InChI is InChI=1S/C11H21N3O2S/c1-7(15)9(10(12)16)14-6-11(8(14)5-17)3-2-4-13-11/h7-9,13,15,17H,2-6H2,1H3,(H2,12,16)/t7-,8?,9+,11?/m1/s1. The predicted octanol–water partition coefficient (Wildman–Crippen LogP) is -1.04. The van der Waals surface area contributed by atoms with Gasteiger partial charge in [-0.3, -0.25) is 9.69 Å². The highest BCUT2D eigenvalue weighted by Gasteiger charge is 2.56. The van der Waals surface area contributed by atoms with Crippen LogP contribution in [0.15, 0.2) is 0 Å². The molecule has 6 heteroatoms. The second-order valence-corrected chi connectivity index (χ2v) is 5.51. The van der Waals surface area contributed by atoms with Crippen LogP contribution < -0.4 is 11.1 Å². The summed E-state index contributed by atoms with van der Waals surface area (Å²) < 4.78 is 0. The number of nitrogens with one attached hydrogen (secondary N) is 1. The van der Waals surface area contributed by atoms with Crippen LogP contribution in [-0.2, 0) is 4.79 Å². The van der Waals surface area contributed by atoms with Gasteiger partial charge in [0.05, 0.1) is 6.10 Å². The first-order chi connectivity index (χ1) is 8.02. The van der Waals surface area contributed by atoms with Crippen molar-refractivity contribution >= 4 is 18.5 Å². The van der Waals surface area contributed by atoms with Gasteiger partial charge >= 0.3 is 0 Å². The Morgan fingerprint density at radius 2 is 2.47 bits per heavy atom. The van der Waals surface area contributed by atoms with Crippen LogP contribution >= 0.6 is 12.6 Å². The van der Waals surface area contributed by atoms with Gasteiger partial charge in [0, 0.05) is 23.9 Å². The molecule has 1 amide bonds. The van der Waals surface area contributed by atoms with Crippen LogP contribution in [0.4, 0.5) is 0 Å². The molecule has 2 aliphatic rings. The van der Waals surface area contributed by atoms with Crippen LogP contribution in [0.2, 0.25) is 0 Å². The van der Waals surface area contributed by atoms with Crippen molar-refractivity contribution < 1.29 is 9.90 Å². The van der Waals surface area contributed by atoms with Gasteiger partial charge in [0.25, 0.3) is 0 Å². The van der Waals surface area contributed by atoms with Crippen molar-refractivity contribution in [2.24, 2.45) is 5.73 Å². The van der Waals surface area contributed by atoms with E-state index in [1.165, 1.54) is 0 Å². The molecule has 2 rings (SSSR count). The van der Waals surface area contributed by atoms with Crippen LogP contribution in [0.25, 0.3) is 0 Å². The van der Waals surface area contributed by atoms with Gasteiger partial charge in [0.1, 0.15) is 6.04 Å². The molecule has 4 atom stereocenters. The van der Waals surface area contributed by atoms with Crippen molar-refractivity contribution in [3.63, 3.8) is 0 Å². The van der Waals surface area contributed by atoms with E-state index in [-0.39, 0.29) is 11.6 Å². The molecule has 0 saturated carbocycles. The summed E-state index contributed by atoms with van der Waals surface area (Å²) in [5.41, 5.74) is 5.45. The normalized spacial score (nSPS) is 36.8.